The SMILES string of the molecule is O=Cc1c(C=O)c(C=O)c(-c2ccccc2C(=O)O)c(-c2ccccc2)c1C=O. The van der Waals surface area contributed by atoms with Gasteiger partial charge in [-0.05, 0) is 17.2 Å². The number of benzene rings is 3. The van der Waals surface area contributed by atoms with Crippen LogP contribution < -0.4 is 0 Å². The van der Waals surface area contributed by atoms with E-state index in [1.807, 2.05) is 0 Å². The van der Waals surface area contributed by atoms with E-state index in [1.165, 1.54) is 18.2 Å². The third kappa shape index (κ3) is 3.27. The average molecular weight is 386 g/mol. The molecule has 0 saturated heterocycles. The lowest BCUT2D eigenvalue weighted by atomic mass is 9.81. The number of aldehydes is 4. The normalized spacial score (nSPS) is 10.2. The Morgan fingerprint density at radius 2 is 1.10 bits per heavy atom. The molecule has 6 heteroatoms. The van der Waals surface area contributed by atoms with E-state index >= 15 is 0 Å². The van der Waals surface area contributed by atoms with E-state index in [-0.39, 0.29) is 44.5 Å². The van der Waals surface area contributed by atoms with Gasteiger partial charge < -0.3 is 5.11 Å². The van der Waals surface area contributed by atoms with Crippen LogP contribution in [0, 0.1) is 0 Å². The van der Waals surface area contributed by atoms with Crippen molar-refractivity contribution >= 4 is 31.1 Å². The fraction of sp³-hybridized carbons (Fsp3) is 0. The predicted molar refractivity (Wildman–Crippen MR) is 106 cm³/mol. The maximum Gasteiger partial charge on any atom is 0.336 e. The summed E-state index contributed by atoms with van der Waals surface area (Å²) in [7, 11) is 0. The molecule has 0 aliphatic carbocycles. The average Bonchev–Trinajstić information content (AvgIpc) is 2.77. The molecule has 29 heavy (non-hydrogen) atoms. The van der Waals surface area contributed by atoms with E-state index in [4.69, 9.17) is 0 Å². The van der Waals surface area contributed by atoms with Gasteiger partial charge in [-0.3, -0.25) is 19.2 Å². The second-order valence-corrected chi connectivity index (χ2v) is 6.09. The number of carboxylic acid groups (broad SMARTS) is 1. The van der Waals surface area contributed by atoms with Gasteiger partial charge in [-0.25, -0.2) is 4.79 Å². The highest BCUT2D eigenvalue weighted by molar-refractivity contribution is 6.15. The van der Waals surface area contributed by atoms with Crippen molar-refractivity contribution < 1.29 is 29.1 Å². The number of hydrogen-bond donors (Lipinski definition) is 1. The van der Waals surface area contributed by atoms with Gasteiger partial charge in [-0.2, -0.15) is 0 Å². The summed E-state index contributed by atoms with van der Waals surface area (Å²) in [4.78, 5) is 59.2. The second-order valence-electron chi connectivity index (χ2n) is 6.09. The molecule has 142 valence electrons. The van der Waals surface area contributed by atoms with Gasteiger partial charge >= 0.3 is 5.97 Å². The van der Waals surface area contributed by atoms with Crippen molar-refractivity contribution in [3.05, 3.63) is 82.4 Å². The smallest absolute Gasteiger partial charge is 0.336 e. The first kappa shape index (κ1) is 19.6. The zero-order valence-corrected chi connectivity index (χ0v) is 15.0. The molecule has 3 rings (SSSR count). The maximum absolute atomic E-state index is 12.0. The minimum Gasteiger partial charge on any atom is -0.478 e. The first-order valence-corrected chi connectivity index (χ1v) is 8.51. The number of aromatic carboxylic acids is 1. The van der Waals surface area contributed by atoms with Crippen LogP contribution in [0.25, 0.3) is 22.3 Å². The molecule has 0 fully saturated rings. The largest absolute Gasteiger partial charge is 0.478 e. The van der Waals surface area contributed by atoms with Crippen LogP contribution in [0.1, 0.15) is 51.8 Å². The molecule has 0 atom stereocenters. The van der Waals surface area contributed by atoms with Gasteiger partial charge in [0.2, 0.25) is 0 Å². The lowest BCUT2D eigenvalue weighted by Crippen LogP contribution is -2.10. The molecule has 3 aromatic carbocycles. The van der Waals surface area contributed by atoms with Crippen LogP contribution in [0.3, 0.4) is 0 Å². The molecular formula is C23H14O6. The molecule has 6 nitrogen and oxygen atoms in total. The number of rotatable bonds is 7. The second kappa shape index (κ2) is 8.22. The third-order valence-electron chi connectivity index (χ3n) is 4.62. The van der Waals surface area contributed by atoms with Crippen LogP contribution >= 0.6 is 0 Å². The monoisotopic (exact) mass is 386 g/mol. The van der Waals surface area contributed by atoms with Crippen molar-refractivity contribution in [1.29, 1.82) is 0 Å². The van der Waals surface area contributed by atoms with E-state index in [0.717, 1.165) is 0 Å². The zero-order valence-electron chi connectivity index (χ0n) is 15.0. The Bertz CT molecular complexity index is 1150. The summed E-state index contributed by atoms with van der Waals surface area (Å²) in [6.45, 7) is 0. The lowest BCUT2D eigenvalue weighted by molar-refractivity contribution is 0.0697. The molecular weight excluding hydrogens is 372 g/mol. The zero-order chi connectivity index (χ0) is 21.0. The summed E-state index contributed by atoms with van der Waals surface area (Å²) in [6, 6.07) is 14.4. The minimum atomic E-state index is -1.24. The Labute approximate surface area is 165 Å². The van der Waals surface area contributed by atoms with Crippen LogP contribution in [-0.2, 0) is 0 Å². The van der Waals surface area contributed by atoms with Gasteiger partial charge in [-0.1, -0.05) is 48.5 Å². The van der Waals surface area contributed by atoms with Gasteiger partial charge in [0, 0.05) is 33.4 Å². The van der Waals surface area contributed by atoms with Gasteiger partial charge in [0.25, 0.3) is 0 Å². The summed E-state index contributed by atoms with van der Waals surface area (Å²) in [5.74, 6) is -1.24. The third-order valence-corrected chi connectivity index (χ3v) is 4.62. The lowest BCUT2D eigenvalue weighted by Gasteiger charge is -2.20. The Hall–Kier alpha value is -4.19. The Balaban J connectivity index is 2.65. The number of carboxylic acids is 1. The molecule has 1 N–H and O–H groups in total. The van der Waals surface area contributed by atoms with Crippen LogP contribution in [0.15, 0.2) is 54.6 Å². The highest BCUT2D eigenvalue weighted by Crippen LogP contribution is 2.41. The van der Waals surface area contributed by atoms with Gasteiger partial charge in [-0.15, -0.1) is 0 Å². The Morgan fingerprint density at radius 1 is 0.621 bits per heavy atom. The molecule has 0 bridgehead atoms. The number of carbonyl (C=O) groups is 5. The summed E-state index contributed by atoms with van der Waals surface area (Å²) in [5.41, 5.74) is 0.148. The molecule has 3 aromatic rings. The summed E-state index contributed by atoms with van der Waals surface area (Å²) < 4.78 is 0. The molecule has 0 spiro atoms. The van der Waals surface area contributed by atoms with E-state index < -0.39 is 5.97 Å². The van der Waals surface area contributed by atoms with Crippen molar-refractivity contribution in [2.75, 3.05) is 0 Å². The Kier molecular flexibility index (Phi) is 5.55. The van der Waals surface area contributed by atoms with Gasteiger partial charge in [0.15, 0.2) is 25.1 Å². The van der Waals surface area contributed by atoms with Crippen molar-refractivity contribution in [1.82, 2.24) is 0 Å². The maximum atomic E-state index is 12.0. The molecule has 0 radical (unpaired) electrons. The first-order chi connectivity index (χ1) is 14.1. The van der Waals surface area contributed by atoms with Crippen molar-refractivity contribution in [3.63, 3.8) is 0 Å². The molecule has 0 aromatic heterocycles. The van der Waals surface area contributed by atoms with Gasteiger partial charge in [0.05, 0.1) is 5.56 Å². The molecule has 0 amide bonds. The van der Waals surface area contributed by atoms with Crippen LogP contribution in [0.4, 0.5) is 0 Å². The quantitative estimate of drug-likeness (QED) is 0.616. The fourth-order valence-electron chi connectivity index (χ4n) is 3.40. The number of carbonyl (C=O) groups excluding carboxylic acids is 4. The summed E-state index contributed by atoms with van der Waals surface area (Å²) in [5, 5.41) is 9.62. The fourth-order valence-corrected chi connectivity index (χ4v) is 3.40. The molecule has 0 aliphatic heterocycles. The van der Waals surface area contributed by atoms with E-state index in [9.17, 15) is 29.1 Å². The summed E-state index contributed by atoms with van der Waals surface area (Å²) in [6.07, 6.45) is 1.49. The van der Waals surface area contributed by atoms with Crippen LogP contribution in [0.5, 0.6) is 0 Å². The Morgan fingerprint density at radius 3 is 1.62 bits per heavy atom. The van der Waals surface area contributed by atoms with Gasteiger partial charge in [0.1, 0.15) is 0 Å². The highest BCUT2D eigenvalue weighted by atomic mass is 16.4. The van der Waals surface area contributed by atoms with Crippen molar-refractivity contribution in [2.45, 2.75) is 0 Å². The van der Waals surface area contributed by atoms with E-state index in [0.29, 0.717) is 30.7 Å². The van der Waals surface area contributed by atoms with Crippen molar-refractivity contribution in [2.24, 2.45) is 0 Å². The van der Waals surface area contributed by atoms with Crippen LogP contribution in [0.2, 0.25) is 0 Å². The highest BCUT2D eigenvalue weighted by Gasteiger charge is 2.27. The molecule has 0 saturated carbocycles. The molecule has 0 heterocycles. The predicted octanol–water partition coefficient (Wildman–Crippen LogP) is 3.97. The molecule has 0 unspecified atom stereocenters. The summed E-state index contributed by atoms with van der Waals surface area (Å²) >= 11 is 0. The van der Waals surface area contributed by atoms with Crippen LogP contribution in [-0.4, -0.2) is 36.2 Å². The molecule has 0 aliphatic rings. The van der Waals surface area contributed by atoms with E-state index in [2.05, 4.69) is 0 Å². The number of hydrogen-bond acceptors (Lipinski definition) is 5. The minimum absolute atomic E-state index is 0.0888. The standard InChI is InChI=1S/C23H14O6/c24-10-17-18(11-25)20(13-27)22(15-8-4-5-9-16(15)23(28)29)21(19(17)12-26)14-6-2-1-3-7-14/h1-13H,(H,28,29). The topological polar surface area (TPSA) is 106 Å². The first-order valence-electron chi connectivity index (χ1n) is 8.51. The van der Waals surface area contributed by atoms with Crippen molar-refractivity contribution in [3.8, 4) is 22.3 Å². The van der Waals surface area contributed by atoms with E-state index in [1.54, 1.807) is 36.4 Å².